The van der Waals surface area contributed by atoms with Crippen LogP contribution in [-0.4, -0.2) is 40.9 Å². The van der Waals surface area contributed by atoms with Gasteiger partial charge < -0.3 is 18.9 Å². The number of carbonyl (C=O) groups excluding carboxylic acids is 2. The normalized spacial score (nSPS) is 14.2. The van der Waals surface area contributed by atoms with E-state index in [9.17, 15) is 9.59 Å². The molecule has 0 spiro atoms. The van der Waals surface area contributed by atoms with Gasteiger partial charge in [0.1, 0.15) is 11.3 Å². The van der Waals surface area contributed by atoms with Crippen LogP contribution in [0.25, 0.3) is 11.0 Å². The average Bonchev–Trinajstić information content (AvgIpc) is 2.96. The van der Waals surface area contributed by atoms with E-state index in [2.05, 4.69) is 5.16 Å². The molecule has 7 heteroatoms. The van der Waals surface area contributed by atoms with E-state index in [-0.39, 0.29) is 18.5 Å². The van der Waals surface area contributed by atoms with E-state index in [1.807, 2.05) is 32.9 Å². The van der Waals surface area contributed by atoms with Crippen molar-refractivity contribution in [3.8, 4) is 0 Å². The Morgan fingerprint density at radius 3 is 2.77 bits per heavy atom. The second kappa shape index (κ2) is 6.97. The zero-order chi connectivity index (χ0) is 18.9. The van der Waals surface area contributed by atoms with Gasteiger partial charge in [-0.05, 0) is 45.7 Å². The predicted octanol–water partition coefficient (Wildman–Crippen LogP) is 3.23. The Bertz CT molecular complexity index is 834. The predicted molar refractivity (Wildman–Crippen MR) is 94.7 cm³/mol. The molecule has 1 aromatic carbocycles. The summed E-state index contributed by atoms with van der Waals surface area (Å²) in [6, 6.07) is 3.93. The van der Waals surface area contributed by atoms with E-state index < -0.39 is 5.60 Å². The Kier molecular flexibility index (Phi) is 4.89. The Balaban J connectivity index is 1.86. The molecule has 0 saturated heterocycles. The monoisotopic (exact) mass is 360 g/mol. The van der Waals surface area contributed by atoms with Crippen LogP contribution in [0.4, 0.5) is 4.79 Å². The first-order valence-corrected chi connectivity index (χ1v) is 8.81. The van der Waals surface area contributed by atoms with Crippen molar-refractivity contribution in [3.05, 3.63) is 29.0 Å². The van der Waals surface area contributed by atoms with Gasteiger partial charge in [0.15, 0.2) is 5.58 Å². The van der Waals surface area contributed by atoms with Gasteiger partial charge in [-0.3, -0.25) is 4.79 Å². The molecule has 0 radical (unpaired) electrons. The lowest BCUT2D eigenvalue weighted by Crippen LogP contribution is -2.39. The molecule has 2 aromatic rings. The van der Waals surface area contributed by atoms with Crippen molar-refractivity contribution < 1.29 is 23.6 Å². The standard InChI is InChI=1S/C19H24N2O5/c1-5-24-16(22)10-15-13-7-6-12-8-9-21(18(23)25-19(2,3)4)11-14(12)17(13)26-20-15/h6-7H,5,8-11H2,1-4H3. The highest BCUT2D eigenvalue weighted by molar-refractivity contribution is 5.87. The molecular weight excluding hydrogens is 336 g/mol. The Hall–Kier alpha value is -2.57. The Labute approximate surface area is 152 Å². The highest BCUT2D eigenvalue weighted by Gasteiger charge is 2.28. The number of esters is 1. The maximum absolute atomic E-state index is 12.4. The van der Waals surface area contributed by atoms with E-state index in [1.165, 1.54) is 0 Å². The number of carbonyl (C=O) groups is 2. The van der Waals surface area contributed by atoms with Crippen LogP contribution in [0.2, 0.25) is 0 Å². The fraction of sp³-hybridized carbons (Fsp3) is 0.526. The van der Waals surface area contributed by atoms with Crippen molar-refractivity contribution in [1.29, 1.82) is 0 Å². The van der Waals surface area contributed by atoms with Gasteiger partial charge in [0.05, 0.1) is 19.6 Å². The van der Waals surface area contributed by atoms with Crippen molar-refractivity contribution in [2.24, 2.45) is 0 Å². The van der Waals surface area contributed by atoms with Crippen LogP contribution in [0.3, 0.4) is 0 Å². The van der Waals surface area contributed by atoms with Crippen molar-refractivity contribution in [2.75, 3.05) is 13.2 Å². The number of fused-ring (bicyclic) bond motifs is 3. The van der Waals surface area contributed by atoms with Gasteiger partial charge in [-0.25, -0.2) is 4.79 Å². The van der Waals surface area contributed by atoms with Gasteiger partial charge in [-0.15, -0.1) is 0 Å². The van der Waals surface area contributed by atoms with E-state index in [0.29, 0.717) is 31.0 Å². The fourth-order valence-corrected chi connectivity index (χ4v) is 3.04. The van der Waals surface area contributed by atoms with Gasteiger partial charge in [-0.2, -0.15) is 0 Å². The molecule has 0 bridgehead atoms. The van der Waals surface area contributed by atoms with Crippen molar-refractivity contribution in [2.45, 2.75) is 52.7 Å². The summed E-state index contributed by atoms with van der Waals surface area (Å²) in [5, 5.41) is 4.82. The molecule has 0 saturated carbocycles. The van der Waals surface area contributed by atoms with E-state index in [1.54, 1.807) is 11.8 Å². The largest absolute Gasteiger partial charge is 0.466 e. The van der Waals surface area contributed by atoms with Crippen molar-refractivity contribution >= 4 is 23.0 Å². The van der Waals surface area contributed by atoms with E-state index in [0.717, 1.165) is 22.9 Å². The molecule has 0 fully saturated rings. The summed E-state index contributed by atoms with van der Waals surface area (Å²) >= 11 is 0. The first kappa shape index (κ1) is 18.2. The number of aromatic nitrogens is 1. The van der Waals surface area contributed by atoms with Crippen LogP contribution in [0.15, 0.2) is 16.7 Å². The molecule has 0 N–H and O–H groups in total. The zero-order valence-corrected chi connectivity index (χ0v) is 15.6. The average molecular weight is 360 g/mol. The SMILES string of the molecule is CCOC(=O)Cc1noc2c3c(ccc12)CCN(C(=O)OC(C)(C)C)C3. The molecule has 0 unspecified atom stereocenters. The fourth-order valence-electron chi connectivity index (χ4n) is 3.04. The highest BCUT2D eigenvalue weighted by atomic mass is 16.6. The molecule has 1 amide bonds. The number of hydrogen-bond acceptors (Lipinski definition) is 6. The number of amides is 1. The van der Waals surface area contributed by atoms with Gasteiger partial charge in [0.2, 0.25) is 0 Å². The Morgan fingerprint density at radius 1 is 1.31 bits per heavy atom. The van der Waals surface area contributed by atoms with Crippen LogP contribution in [0.1, 0.15) is 44.5 Å². The number of benzene rings is 1. The minimum atomic E-state index is -0.539. The van der Waals surface area contributed by atoms with Crippen LogP contribution in [-0.2, 0) is 33.7 Å². The van der Waals surface area contributed by atoms with Crippen LogP contribution in [0.5, 0.6) is 0 Å². The summed E-state index contributed by atoms with van der Waals surface area (Å²) < 4.78 is 16.0. The van der Waals surface area contributed by atoms with Crippen molar-refractivity contribution in [3.63, 3.8) is 0 Å². The van der Waals surface area contributed by atoms with E-state index >= 15 is 0 Å². The quantitative estimate of drug-likeness (QED) is 0.782. The number of nitrogens with zero attached hydrogens (tertiary/aromatic N) is 2. The molecule has 140 valence electrons. The molecule has 1 aliphatic rings. The molecule has 2 heterocycles. The molecule has 0 atom stereocenters. The molecule has 1 aromatic heterocycles. The lowest BCUT2D eigenvalue weighted by atomic mass is 9.97. The Morgan fingerprint density at radius 2 is 2.08 bits per heavy atom. The summed E-state index contributed by atoms with van der Waals surface area (Å²) in [6.07, 6.45) is 0.444. The van der Waals surface area contributed by atoms with Gasteiger partial charge in [0.25, 0.3) is 0 Å². The second-order valence-corrected chi connectivity index (χ2v) is 7.34. The number of ether oxygens (including phenoxy) is 2. The third-order valence-corrected chi connectivity index (χ3v) is 4.18. The van der Waals surface area contributed by atoms with Gasteiger partial charge >= 0.3 is 12.1 Å². The first-order chi connectivity index (χ1) is 12.3. The number of hydrogen-bond donors (Lipinski definition) is 0. The summed E-state index contributed by atoms with van der Waals surface area (Å²) in [5.74, 6) is -0.337. The lowest BCUT2D eigenvalue weighted by Gasteiger charge is -2.31. The molecule has 3 rings (SSSR count). The summed E-state index contributed by atoms with van der Waals surface area (Å²) in [6.45, 7) is 8.62. The topological polar surface area (TPSA) is 81.9 Å². The van der Waals surface area contributed by atoms with E-state index in [4.69, 9.17) is 14.0 Å². The van der Waals surface area contributed by atoms with Crippen LogP contribution >= 0.6 is 0 Å². The van der Waals surface area contributed by atoms with Crippen molar-refractivity contribution in [1.82, 2.24) is 10.1 Å². The second-order valence-electron chi connectivity index (χ2n) is 7.34. The maximum Gasteiger partial charge on any atom is 0.410 e. The summed E-state index contributed by atoms with van der Waals surface area (Å²) in [4.78, 5) is 25.8. The van der Waals surface area contributed by atoms with Crippen LogP contribution < -0.4 is 0 Å². The minimum absolute atomic E-state index is 0.0649. The molecule has 0 aliphatic carbocycles. The minimum Gasteiger partial charge on any atom is -0.466 e. The smallest absolute Gasteiger partial charge is 0.410 e. The molecular formula is C19H24N2O5. The first-order valence-electron chi connectivity index (χ1n) is 8.81. The maximum atomic E-state index is 12.4. The zero-order valence-electron chi connectivity index (χ0n) is 15.6. The molecule has 26 heavy (non-hydrogen) atoms. The molecule has 1 aliphatic heterocycles. The lowest BCUT2D eigenvalue weighted by molar-refractivity contribution is -0.142. The van der Waals surface area contributed by atoms with Crippen LogP contribution in [0, 0.1) is 0 Å². The summed E-state index contributed by atoms with van der Waals surface area (Å²) in [5.41, 5.74) is 2.67. The third-order valence-electron chi connectivity index (χ3n) is 4.18. The third kappa shape index (κ3) is 3.81. The highest BCUT2D eigenvalue weighted by Crippen LogP contribution is 2.30. The number of rotatable bonds is 3. The molecule has 7 nitrogen and oxygen atoms in total. The summed E-state index contributed by atoms with van der Waals surface area (Å²) in [7, 11) is 0. The van der Waals surface area contributed by atoms with Gasteiger partial charge in [-0.1, -0.05) is 11.2 Å². The van der Waals surface area contributed by atoms with Gasteiger partial charge in [0, 0.05) is 17.5 Å².